The van der Waals surface area contributed by atoms with E-state index in [1.54, 1.807) is 30.5 Å². The molecule has 0 aliphatic rings. The van der Waals surface area contributed by atoms with E-state index in [0.29, 0.717) is 5.69 Å². The second kappa shape index (κ2) is 6.06. The van der Waals surface area contributed by atoms with Crippen molar-refractivity contribution in [2.45, 2.75) is 6.92 Å². The van der Waals surface area contributed by atoms with Gasteiger partial charge in [0.2, 0.25) is 0 Å². The first kappa shape index (κ1) is 13.9. The van der Waals surface area contributed by atoms with Gasteiger partial charge in [0, 0.05) is 23.8 Å². The molecule has 1 N–H and O–H groups in total. The summed E-state index contributed by atoms with van der Waals surface area (Å²) >= 11 is 0. The van der Waals surface area contributed by atoms with Gasteiger partial charge in [0.15, 0.2) is 5.57 Å². The quantitative estimate of drug-likeness (QED) is 0.866. The summed E-state index contributed by atoms with van der Waals surface area (Å²) in [5.74, 6) is 0.831. The average Bonchev–Trinajstić information content (AvgIpc) is 2.94. The lowest BCUT2D eigenvalue weighted by atomic mass is 10.2. The van der Waals surface area contributed by atoms with Gasteiger partial charge in [0.1, 0.15) is 29.7 Å². The van der Waals surface area contributed by atoms with E-state index in [-0.39, 0.29) is 11.3 Å². The molecule has 2 aromatic rings. The Labute approximate surface area is 121 Å². The summed E-state index contributed by atoms with van der Waals surface area (Å²) in [4.78, 5) is 4.15. The van der Waals surface area contributed by atoms with Crippen molar-refractivity contribution in [3.05, 3.63) is 53.8 Å². The van der Waals surface area contributed by atoms with Crippen LogP contribution in [0.1, 0.15) is 5.82 Å². The number of hydrogen-bond donors (Lipinski definition) is 1. The zero-order valence-electron chi connectivity index (χ0n) is 11.2. The lowest BCUT2D eigenvalue weighted by molar-refractivity contribution is 0.975. The summed E-state index contributed by atoms with van der Waals surface area (Å²) < 4.78 is 1.89. The Morgan fingerprint density at radius 3 is 2.52 bits per heavy atom. The fraction of sp³-hybridized carbons (Fsp3) is 0.0667. The topological polar surface area (TPSA) is 101 Å². The van der Waals surface area contributed by atoms with Crippen LogP contribution < -0.4 is 5.32 Å². The lowest BCUT2D eigenvalue weighted by Crippen LogP contribution is -2.02. The first-order valence-electron chi connectivity index (χ1n) is 6.01. The van der Waals surface area contributed by atoms with Crippen molar-refractivity contribution in [1.82, 2.24) is 9.55 Å². The Morgan fingerprint density at radius 2 is 1.95 bits per heavy atom. The number of hydrogen-bond acceptors (Lipinski definition) is 5. The third-order valence-corrected chi connectivity index (χ3v) is 2.80. The predicted octanol–water partition coefficient (Wildman–Crippen LogP) is 2.42. The number of imidazole rings is 1. The Bertz CT molecular complexity index is 807. The van der Waals surface area contributed by atoms with Crippen molar-refractivity contribution in [1.29, 1.82) is 15.8 Å². The molecule has 0 aliphatic heterocycles. The minimum absolute atomic E-state index is 0.0699. The van der Waals surface area contributed by atoms with E-state index in [1.165, 1.54) is 0 Å². The summed E-state index contributed by atoms with van der Waals surface area (Å²) in [5.41, 5.74) is 1.16. The van der Waals surface area contributed by atoms with Crippen LogP contribution in [0.5, 0.6) is 0 Å². The normalized spacial score (nSPS) is 9.05. The molecular formula is C15H10N6. The molecule has 0 radical (unpaired) electrons. The van der Waals surface area contributed by atoms with E-state index in [4.69, 9.17) is 15.8 Å². The number of aromatic nitrogens is 2. The van der Waals surface area contributed by atoms with Crippen LogP contribution in [0.3, 0.4) is 0 Å². The van der Waals surface area contributed by atoms with E-state index in [0.717, 1.165) is 11.5 Å². The van der Waals surface area contributed by atoms with Crippen LogP contribution in [-0.4, -0.2) is 9.55 Å². The first-order chi connectivity index (χ1) is 10.2. The minimum atomic E-state index is -0.248. The molecule has 1 aromatic carbocycles. The molecule has 100 valence electrons. The van der Waals surface area contributed by atoms with Gasteiger partial charge in [-0.05, 0) is 25.1 Å². The van der Waals surface area contributed by atoms with Gasteiger partial charge in [-0.1, -0.05) is 6.07 Å². The summed E-state index contributed by atoms with van der Waals surface area (Å²) in [6.07, 6.45) is 3.52. The monoisotopic (exact) mass is 274 g/mol. The highest BCUT2D eigenvalue weighted by Crippen LogP contribution is 2.18. The molecule has 21 heavy (non-hydrogen) atoms. The Kier molecular flexibility index (Phi) is 4.00. The van der Waals surface area contributed by atoms with E-state index < -0.39 is 0 Å². The maximum absolute atomic E-state index is 9.03. The van der Waals surface area contributed by atoms with E-state index >= 15 is 0 Å². The standard InChI is InChI=1S/C15H10N6/c1-11-19-5-6-21(11)14-4-2-3-13(7-14)20-15(10-18)12(8-16)9-17/h2-7,20H,1H3. The van der Waals surface area contributed by atoms with Crippen LogP contribution in [0.15, 0.2) is 47.9 Å². The number of benzene rings is 1. The third-order valence-electron chi connectivity index (χ3n) is 2.80. The van der Waals surface area contributed by atoms with Crippen molar-refractivity contribution in [2.75, 3.05) is 5.32 Å². The predicted molar refractivity (Wildman–Crippen MR) is 75.8 cm³/mol. The van der Waals surface area contributed by atoms with Gasteiger partial charge >= 0.3 is 0 Å². The third kappa shape index (κ3) is 2.89. The van der Waals surface area contributed by atoms with Gasteiger partial charge in [0.05, 0.1) is 0 Å². The minimum Gasteiger partial charge on any atom is -0.345 e. The zero-order valence-corrected chi connectivity index (χ0v) is 11.2. The number of anilines is 1. The van der Waals surface area contributed by atoms with Gasteiger partial charge in [0.25, 0.3) is 0 Å². The molecule has 6 nitrogen and oxygen atoms in total. The van der Waals surface area contributed by atoms with Crippen LogP contribution in [0.25, 0.3) is 5.69 Å². The molecule has 0 aliphatic carbocycles. The highest BCUT2D eigenvalue weighted by Gasteiger charge is 2.07. The fourth-order valence-electron chi connectivity index (χ4n) is 1.81. The Morgan fingerprint density at radius 1 is 1.19 bits per heavy atom. The van der Waals surface area contributed by atoms with Crippen molar-refractivity contribution >= 4 is 5.69 Å². The molecular weight excluding hydrogens is 264 g/mol. The molecule has 0 amide bonds. The number of rotatable bonds is 3. The van der Waals surface area contributed by atoms with E-state index in [9.17, 15) is 0 Å². The van der Waals surface area contributed by atoms with Crippen LogP contribution in [-0.2, 0) is 0 Å². The van der Waals surface area contributed by atoms with Gasteiger partial charge in [-0.2, -0.15) is 15.8 Å². The van der Waals surface area contributed by atoms with Crippen LogP contribution in [0.2, 0.25) is 0 Å². The maximum Gasteiger partial charge on any atom is 0.163 e. The fourth-order valence-corrected chi connectivity index (χ4v) is 1.81. The molecule has 0 saturated carbocycles. The summed E-state index contributed by atoms with van der Waals surface area (Å²) in [5, 5.41) is 29.4. The molecule has 6 heteroatoms. The van der Waals surface area contributed by atoms with Crippen molar-refractivity contribution < 1.29 is 0 Å². The molecule has 2 rings (SSSR count). The van der Waals surface area contributed by atoms with Crippen molar-refractivity contribution in [3.63, 3.8) is 0 Å². The number of aryl methyl sites for hydroxylation is 1. The van der Waals surface area contributed by atoms with Crippen molar-refractivity contribution in [3.8, 4) is 23.9 Å². The highest BCUT2D eigenvalue weighted by molar-refractivity contribution is 5.60. The largest absolute Gasteiger partial charge is 0.345 e. The average molecular weight is 274 g/mol. The SMILES string of the molecule is Cc1nccn1-c1cccc(NC(C#N)=C(C#N)C#N)c1. The second-order valence-corrected chi connectivity index (χ2v) is 4.11. The zero-order chi connectivity index (χ0) is 15.2. The lowest BCUT2D eigenvalue weighted by Gasteiger charge is -2.09. The number of nitrogens with one attached hydrogen (secondary N) is 1. The molecule has 0 spiro atoms. The van der Waals surface area contributed by atoms with Crippen LogP contribution >= 0.6 is 0 Å². The summed E-state index contributed by atoms with van der Waals surface area (Å²) in [6, 6.07) is 12.5. The van der Waals surface area contributed by atoms with Gasteiger partial charge < -0.3 is 9.88 Å². The Hall–Kier alpha value is -3.56. The van der Waals surface area contributed by atoms with Gasteiger partial charge in [-0.3, -0.25) is 0 Å². The smallest absolute Gasteiger partial charge is 0.163 e. The second-order valence-electron chi connectivity index (χ2n) is 4.11. The highest BCUT2D eigenvalue weighted by atomic mass is 15.1. The molecule has 0 atom stereocenters. The number of nitrogens with zero attached hydrogens (tertiary/aromatic N) is 5. The first-order valence-corrected chi connectivity index (χ1v) is 6.01. The molecule has 1 heterocycles. The van der Waals surface area contributed by atoms with Crippen LogP contribution in [0, 0.1) is 40.9 Å². The molecule has 0 bridgehead atoms. The van der Waals surface area contributed by atoms with Gasteiger partial charge in [-0.15, -0.1) is 0 Å². The summed E-state index contributed by atoms with van der Waals surface area (Å²) in [6.45, 7) is 1.88. The van der Waals surface area contributed by atoms with Crippen molar-refractivity contribution in [2.24, 2.45) is 0 Å². The van der Waals surface area contributed by atoms with E-state index in [1.807, 2.05) is 35.9 Å². The molecule has 1 aromatic heterocycles. The molecule has 0 saturated heterocycles. The summed E-state index contributed by atoms with van der Waals surface area (Å²) in [7, 11) is 0. The van der Waals surface area contributed by atoms with Gasteiger partial charge in [-0.25, -0.2) is 4.98 Å². The maximum atomic E-state index is 9.03. The van der Waals surface area contributed by atoms with Crippen LogP contribution in [0.4, 0.5) is 5.69 Å². The number of nitriles is 3. The molecule has 0 unspecified atom stereocenters. The Balaban J connectivity index is 2.39. The number of allylic oxidation sites excluding steroid dienone is 2. The van der Waals surface area contributed by atoms with E-state index in [2.05, 4.69) is 10.3 Å². The molecule has 0 fully saturated rings.